The third kappa shape index (κ3) is 4.12. The highest BCUT2D eigenvalue weighted by Crippen LogP contribution is 2.17. The molecular weight excluding hydrogens is 200 g/mol. The van der Waals surface area contributed by atoms with E-state index >= 15 is 0 Å². The summed E-state index contributed by atoms with van der Waals surface area (Å²) in [7, 11) is 0. The maximum Gasteiger partial charge on any atom is 0.225 e. The lowest BCUT2D eigenvalue weighted by Gasteiger charge is -2.33. The maximum absolute atomic E-state index is 12.3. The van der Waals surface area contributed by atoms with Crippen LogP contribution in [0.4, 0.5) is 0 Å². The molecule has 0 aliphatic rings. The second-order valence-electron chi connectivity index (χ2n) is 4.30. The molecule has 0 aliphatic carbocycles. The van der Waals surface area contributed by atoms with Gasteiger partial charge in [-0.05, 0) is 25.7 Å². The van der Waals surface area contributed by atoms with E-state index in [-0.39, 0.29) is 5.92 Å². The van der Waals surface area contributed by atoms with Crippen molar-refractivity contribution in [3.63, 3.8) is 0 Å². The number of nitrogens with zero attached hydrogens (tertiary/aromatic N) is 1. The minimum Gasteiger partial charge on any atom is -0.338 e. The van der Waals surface area contributed by atoms with Gasteiger partial charge in [0.15, 0.2) is 0 Å². The zero-order chi connectivity index (χ0) is 12.6. The third-order valence-corrected chi connectivity index (χ3v) is 3.37. The summed E-state index contributed by atoms with van der Waals surface area (Å²) in [6.45, 7) is 9.69. The minimum absolute atomic E-state index is 0.173. The van der Waals surface area contributed by atoms with Crippen LogP contribution in [0.5, 0.6) is 0 Å². The highest BCUT2D eigenvalue weighted by molar-refractivity contribution is 5.79. The van der Waals surface area contributed by atoms with Gasteiger partial charge in [-0.3, -0.25) is 4.79 Å². The van der Waals surface area contributed by atoms with Gasteiger partial charge in [-0.1, -0.05) is 27.7 Å². The first-order valence-electron chi connectivity index (χ1n) is 6.66. The molecule has 3 nitrogen and oxygen atoms in total. The van der Waals surface area contributed by atoms with Crippen molar-refractivity contribution in [3.05, 3.63) is 0 Å². The largest absolute Gasteiger partial charge is 0.338 e. The molecule has 0 unspecified atom stereocenters. The number of nitrogens with two attached hydrogens (primary N) is 1. The normalized spacial score (nSPS) is 11.2. The number of hydrogen-bond acceptors (Lipinski definition) is 2. The van der Waals surface area contributed by atoms with E-state index in [0.29, 0.717) is 25.0 Å². The van der Waals surface area contributed by atoms with Crippen molar-refractivity contribution in [2.24, 2.45) is 11.7 Å². The average Bonchev–Trinajstić information content (AvgIpc) is 2.30. The quantitative estimate of drug-likeness (QED) is 0.693. The zero-order valence-corrected chi connectivity index (χ0v) is 11.3. The van der Waals surface area contributed by atoms with Gasteiger partial charge >= 0.3 is 0 Å². The first-order chi connectivity index (χ1) is 7.65. The molecule has 0 aromatic heterocycles. The summed E-state index contributed by atoms with van der Waals surface area (Å²) >= 11 is 0. The predicted octanol–water partition coefficient (Wildman–Crippen LogP) is 2.40. The highest BCUT2D eigenvalue weighted by atomic mass is 16.2. The molecular formula is C13H28N2O. The van der Waals surface area contributed by atoms with E-state index < -0.39 is 0 Å². The Labute approximate surface area is 100 Å². The fourth-order valence-electron chi connectivity index (χ4n) is 2.21. The van der Waals surface area contributed by atoms with E-state index in [1.807, 2.05) is 4.90 Å². The number of carbonyl (C=O) groups is 1. The smallest absolute Gasteiger partial charge is 0.225 e. The third-order valence-electron chi connectivity index (χ3n) is 3.37. The number of amides is 1. The molecule has 0 heterocycles. The van der Waals surface area contributed by atoms with Gasteiger partial charge in [-0.15, -0.1) is 0 Å². The average molecular weight is 228 g/mol. The van der Waals surface area contributed by atoms with Crippen molar-refractivity contribution in [1.29, 1.82) is 0 Å². The Morgan fingerprint density at radius 1 is 1.06 bits per heavy atom. The topological polar surface area (TPSA) is 46.3 Å². The standard InChI is InChI=1S/C13H28N2O/c1-5-11(6-2)13(16)15(10-9-14)12(7-3)8-4/h11-12H,5-10,14H2,1-4H3. The van der Waals surface area contributed by atoms with Crippen LogP contribution in [0.25, 0.3) is 0 Å². The van der Waals surface area contributed by atoms with E-state index in [2.05, 4.69) is 27.7 Å². The second kappa shape index (κ2) is 8.57. The first-order valence-corrected chi connectivity index (χ1v) is 6.66. The van der Waals surface area contributed by atoms with E-state index in [0.717, 1.165) is 25.7 Å². The van der Waals surface area contributed by atoms with Crippen LogP contribution in [0.15, 0.2) is 0 Å². The monoisotopic (exact) mass is 228 g/mol. The Balaban J connectivity index is 4.67. The maximum atomic E-state index is 12.3. The van der Waals surface area contributed by atoms with Crippen LogP contribution < -0.4 is 5.73 Å². The van der Waals surface area contributed by atoms with Crippen LogP contribution >= 0.6 is 0 Å². The Kier molecular flexibility index (Phi) is 8.26. The fourth-order valence-corrected chi connectivity index (χ4v) is 2.21. The van der Waals surface area contributed by atoms with Crippen molar-refractivity contribution in [3.8, 4) is 0 Å². The Morgan fingerprint density at radius 3 is 1.88 bits per heavy atom. The van der Waals surface area contributed by atoms with Gasteiger partial charge in [0.2, 0.25) is 5.91 Å². The predicted molar refractivity (Wildman–Crippen MR) is 69.2 cm³/mol. The number of rotatable bonds is 8. The van der Waals surface area contributed by atoms with Crippen LogP contribution in [0.1, 0.15) is 53.4 Å². The lowest BCUT2D eigenvalue weighted by atomic mass is 9.99. The summed E-state index contributed by atoms with van der Waals surface area (Å²) in [5.41, 5.74) is 5.60. The Bertz CT molecular complexity index is 186. The van der Waals surface area contributed by atoms with Crippen LogP contribution in [0.3, 0.4) is 0 Å². The molecule has 1 amide bonds. The van der Waals surface area contributed by atoms with Crippen molar-refractivity contribution < 1.29 is 4.79 Å². The van der Waals surface area contributed by atoms with E-state index in [9.17, 15) is 4.79 Å². The van der Waals surface area contributed by atoms with Gasteiger partial charge in [0.1, 0.15) is 0 Å². The van der Waals surface area contributed by atoms with E-state index in [4.69, 9.17) is 5.73 Å². The molecule has 0 atom stereocenters. The van der Waals surface area contributed by atoms with Crippen molar-refractivity contribution in [1.82, 2.24) is 4.90 Å². The Hall–Kier alpha value is -0.570. The van der Waals surface area contributed by atoms with E-state index in [1.165, 1.54) is 0 Å². The highest BCUT2D eigenvalue weighted by Gasteiger charge is 2.25. The molecule has 0 spiro atoms. The summed E-state index contributed by atoms with van der Waals surface area (Å²) < 4.78 is 0. The molecule has 2 N–H and O–H groups in total. The molecule has 0 rings (SSSR count). The SMILES string of the molecule is CCC(CC)C(=O)N(CCN)C(CC)CC. The first kappa shape index (κ1) is 15.4. The number of carbonyl (C=O) groups excluding carboxylic acids is 1. The molecule has 16 heavy (non-hydrogen) atoms. The molecule has 0 saturated carbocycles. The molecule has 0 fully saturated rings. The number of hydrogen-bond donors (Lipinski definition) is 1. The molecule has 0 radical (unpaired) electrons. The molecule has 0 aromatic carbocycles. The molecule has 0 aliphatic heterocycles. The van der Waals surface area contributed by atoms with Crippen LogP contribution in [0.2, 0.25) is 0 Å². The lowest BCUT2D eigenvalue weighted by molar-refractivity contribution is -0.138. The summed E-state index contributed by atoms with van der Waals surface area (Å²) in [4.78, 5) is 14.3. The van der Waals surface area contributed by atoms with Crippen molar-refractivity contribution >= 4 is 5.91 Å². The Morgan fingerprint density at radius 2 is 1.56 bits per heavy atom. The van der Waals surface area contributed by atoms with E-state index in [1.54, 1.807) is 0 Å². The lowest BCUT2D eigenvalue weighted by Crippen LogP contribution is -2.45. The van der Waals surface area contributed by atoms with Crippen LogP contribution in [0, 0.1) is 5.92 Å². The van der Waals surface area contributed by atoms with Gasteiger partial charge in [0.05, 0.1) is 0 Å². The molecule has 0 saturated heterocycles. The van der Waals surface area contributed by atoms with Crippen molar-refractivity contribution in [2.75, 3.05) is 13.1 Å². The minimum atomic E-state index is 0.173. The molecule has 3 heteroatoms. The molecule has 0 bridgehead atoms. The zero-order valence-electron chi connectivity index (χ0n) is 11.3. The van der Waals surface area contributed by atoms with Crippen LogP contribution in [-0.2, 0) is 4.79 Å². The molecule has 0 aromatic rings. The van der Waals surface area contributed by atoms with Gasteiger partial charge in [-0.2, -0.15) is 0 Å². The van der Waals surface area contributed by atoms with Crippen molar-refractivity contribution in [2.45, 2.75) is 59.4 Å². The molecule has 96 valence electrons. The van der Waals surface area contributed by atoms with Gasteiger partial charge in [-0.25, -0.2) is 0 Å². The van der Waals surface area contributed by atoms with Gasteiger partial charge in [0.25, 0.3) is 0 Å². The summed E-state index contributed by atoms with van der Waals surface area (Å²) in [6, 6.07) is 0.358. The summed E-state index contributed by atoms with van der Waals surface area (Å²) in [6.07, 6.45) is 3.89. The summed E-state index contributed by atoms with van der Waals surface area (Å²) in [5, 5.41) is 0. The summed E-state index contributed by atoms with van der Waals surface area (Å²) in [5.74, 6) is 0.469. The van der Waals surface area contributed by atoms with Gasteiger partial charge in [0, 0.05) is 25.0 Å². The second-order valence-corrected chi connectivity index (χ2v) is 4.30. The van der Waals surface area contributed by atoms with Crippen LogP contribution in [-0.4, -0.2) is 29.9 Å². The fraction of sp³-hybridized carbons (Fsp3) is 0.923. The van der Waals surface area contributed by atoms with Gasteiger partial charge < -0.3 is 10.6 Å².